The average Bonchev–Trinajstić information content (AvgIpc) is 2.69. The van der Waals surface area contributed by atoms with Gasteiger partial charge in [-0.25, -0.2) is 8.42 Å². The van der Waals surface area contributed by atoms with Gasteiger partial charge in [-0.05, 0) is 37.1 Å². The third-order valence-corrected chi connectivity index (χ3v) is 7.05. The Morgan fingerprint density at radius 1 is 1.07 bits per heavy atom. The molecule has 0 aliphatic carbocycles. The van der Waals surface area contributed by atoms with E-state index in [1.807, 2.05) is 25.1 Å². The summed E-state index contributed by atoms with van der Waals surface area (Å²) in [5.74, 6) is 0.0996. The average molecular weight is 405 g/mol. The number of hydrogen-bond acceptors (Lipinski definition) is 6. The van der Waals surface area contributed by atoms with Gasteiger partial charge < -0.3 is 9.64 Å². The predicted molar refractivity (Wildman–Crippen MR) is 107 cm³/mol. The van der Waals surface area contributed by atoms with Crippen LogP contribution in [-0.4, -0.2) is 50.9 Å². The van der Waals surface area contributed by atoms with E-state index in [0.717, 1.165) is 11.8 Å². The molecule has 3 rings (SSSR count). The molecule has 0 radical (unpaired) electrons. The van der Waals surface area contributed by atoms with E-state index in [9.17, 15) is 18.5 Å². The maximum atomic E-state index is 13.1. The minimum absolute atomic E-state index is 0.0996. The lowest BCUT2D eigenvalue weighted by Crippen LogP contribution is -2.48. The van der Waals surface area contributed by atoms with Gasteiger partial charge in [0.1, 0.15) is 10.6 Å². The summed E-state index contributed by atoms with van der Waals surface area (Å²) in [5.41, 5.74) is 3.19. The van der Waals surface area contributed by atoms with Crippen LogP contribution in [0.15, 0.2) is 41.3 Å². The van der Waals surface area contributed by atoms with Crippen molar-refractivity contribution < 1.29 is 18.1 Å². The number of sulfonamides is 1. The molecule has 0 bridgehead atoms. The number of aryl methyl sites for hydroxylation is 1. The first-order chi connectivity index (χ1) is 13.3. The molecule has 2 aromatic rings. The Morgan fingerprint density at radius 2 is 1.75 bits per heavy atom. The minimum Gasteiger partial charge on any atom is -0.495 e. The second kappa shape index (κ2) is 7.76. The lowest BCUT2D eigenvalue weighted by atomic mass is 10.1. The first-order valence-corrected chi connectivity index (χ1v) is 10.3. The fourth-order valence-corrected chi connectivity index (χ4v) is 4.96. The second-order valence-corrected chi connectivity index (χ2v) is 8.61. The quantitative estimate of drug-likeness (QED) is 0.561. The molecule has 0 aromatic heterocycles. The van der Waals surface area contributed by atoms with Crippen LogP contribution < -0.4 is 9.64 Å². The van der Waals surface area contributed by atoms with Crippen molar-refractivity contribution in [1.29, 1.82) is 0 Å². The Kier molecular flexibility index (Phi) is 5.57. The molecule has 9 heteroatoms. The van der Waals surface area contributed by atoms with E-state index < -0.39 is 14.9 Å². The van der Waals surface area contributed by atoms with Gasteiger partial charge in [-0.15, -0.1) is 0 Å². The largest absolute Gasteiger partial charge is 0.495 e. The van der Waals surface area contributed by atoms with Crippen LogP contribution in [-0.2, 0) is 10.0 Å². The number of benzene rings is 2. The highest BCUT2D eigenvalue weighted by molar-refractivity contribution is 7.89. The van der Waals surface area contributed by atoms with Gasteiger partial charge in [-0.3, -0.25) is 10.1 Å². The summed E-state index contributed by atoms with van der Waals surface area (Å²) >= 11 is 0. The van der Waals surface area contributed by atoms with Crippen molar-refractivity contribution in [2.75, 3.05) is 38.2 Å². The van der Waals surface area contributed by atoms with E-state index in [1.54, 1.807) is 0 Å². The lowest BCUT2D eigenvalue weighted by Gasteiger charge is -2.36. The van der Waals surface area contributed by atoms with Crippen LogP contribution in [0.2, 0.25) is 0 Å². The van der Waals surface area contributed by atoms with Gasteiger partial charge in [-0.2, -0.15) is 4.31 Å². The standard InChI is InChI=1S/C19H23N3O5S/c1-14-5-4-6-17(15(14)2)20-9-11-21(12-10-20)28(25,26)19-13-16(22(23)24)7-8-18(19)27-3/h4-8,13H,9-12H2,1-3H3. The number of anilines is 1. The molecule has 0 atom stereocenters. The van der Waals surface area contributed by atoms with Crippen LogP contribution in [0.25, 0.3) is 0 Å². The van der Waals surface area contributed by atoms with Gasteiger partial charge in [0, 0.05) is 44.0 Å². The maximum Gasteiger partial charge on any atom is 0.271 e. The zero-order chi connectivity index (χ0) is 20.5. The molecule has 0 spiro atoms. The number of methoxy groups -OCH3 is 1. The summed E-state index contributed by atoms with van der Waals surface area (Å²) in [5, 5.41) is 11.1. The predicted octanol–water partition coefficient (Wildman–Crippen LogP) is 2.73. The van der Waals surface area contributed by atoms with Crippen molar-refractivity contribution in [2.24, 2.45) is 0 Å². The Labute approximate surface area is 164 Å². The summed E-state index contributed by atoms with van der Waals surface area (Å²) in [7, 11) is -2.56. The highest BCUT2D eigenvalue weighted by Gasteiger charge is 2.32. The molecule has 1 heterocycles. The Bertz CT molecular complexity index is 999. The van der Waals surface area contributed by atoms with Crippen molar-refractivity contribution in [1.82, 2.24) is 4.31 Å². The van der Waals surface area contributed by atoms with E-state index in [-0.39, 0.29) is 16.3 Å². The zero-order valence-electron chi connectivity index (χ0n) is 16.1. The third-order valence-electron chi connectivity index (χ3n) is 5.13. The SMILES string of the molecule is COc1ccc([N+](=O)[O-])cc1S(=O)(=O)N1CCN(c2cccc(C)c2C)CC1. The first kappa shape index (κ1) is 20.1. The van der Waals surface area contributed by atoms with E-state index >= 15 is 0 Å². The van der Waals surface area contributed by atoms with Crippen molar-refractivity contribution in [3.63, 3.8) is 0 Å². The molecule has 8 nitrogen and oxygen atoms in total. The second-order valence-electron chi connectivity index (χ2n) is 6.70. The van der Waals surface area contributed by atoms with Gasteiger partial charge in [0.05, 0.1) is 12.0 Å². The Morgan fingerprint density at radius 3 is 2.36 bits per heavy atom. The third kappa shape index (κ3) is 3.67. The number of ether oxygens (including phenoxy) is 1. The molecule has 1 saturated heterocycles. The van der Waals surface area contributed by atoms with Crippen LogP contribution in [0.1, 0.15) is 11.1 Å². The van der Waals surface area contributed by atoms with Crippen LogP contribution in [0, 0.1) is 24.0 Å². The molecule has 150 valence electrons. The van der Waals surface area contributed by atoms with Crippen molar-refractivity contribution in [2.45, 2.75) is 18.7 Å². The zero-order valence-corrected chi connectivity index (χ0v) is 16.9. The summed E-state index contributed by atoms with van der Waals surface area (Å²) < 4.78 is 32.7. The molecule has 1 aliphatic rings. The van der Waals surface area contributed by atoms with Crippen molar-refractivity contribution in [3.05, 3.63) is 57.6 Å². The number of piperazine rings is 1. The smallest absolute Gasteiger partial charge is 0.271 e. The highest BCUT2D eigenvalue weighted by atomic mass is 32.2. The normalized spacial score (nSPS) is 15.5. The number of non-ortho nitro benzene ring substituents is 1. The summed E-state index contributed by atoms with van der Waals surface area (Å²) in [6.45, 7) is 5.78. The van der Waals surface area contributed by atoms with Crippen LogP contribution in [0.5, 0.6) is 5.75 Å². The molecule has 28 heavy (non-hydrogen) atoms. The molecular formula is C19H23N3O5S. The molecule has 1 fully saturated rings. The Balaban J connectivity index is 1.85. The van der Waals surface area contributed by atoms with Gasteiger partial charge in [0.15, 0.2) is 0 Å². The van der Waals surface area contributed by atoms with E-state index in [1.165, 1.54) is 34.7 Å². The topological polar surface area (TPSA) is 93.0 Å². The number of nitro groups is 1. The van der Waals surface area contributed by atoms with Gasteiger partial charge in [-0.1, -0.05) is 12.1 Å². The van der Waals surface area contributed by atoms with Crippen LogP contribution in [0.4, 0.5) is 11.4 Å². The Hall–Kier alpha value is -2.65. The van der Waals surface area contributed by atoms with Gasteiger partial charge in [0.25, 0.3) is 5.69 Å². The first-order valence-electron chi connectivity index (χ1n) is 8.89. The van der Waals surface area contributed by atoms with E-state index in [4.69, 9.17) is 4.74 Å². The fourth-order valence-electron chi connectivity index (χ4n) is 3.37. The fraction of sp³-hybridized carbons (Fsp3) is 0.368. The van der Waals surface area contributed by atoms with Crippen molar-refractivity contribution >= 4 is 21.4 Å². The number of hydrogen-bond donors (Lipinski definition) is 0. The molecule has 0 unspecified atom stereocenters. The molecule has 0 saturated carbocycles. The molecule has 2 aromatic carbocycles. The van der Waals surface area contributed by atoms with Crippen LogP contribution >= 0.6 is 0 Å². The summed E-state index contributed by atoms with van der Waals surface area (Å²) in [4.78, 5) is 12.4. The number of rotatable bonds is 5. The molecule has 1 aliphatic heterocycles. The minimum atomic E-state index is -3.91. The maximum absolute atomic E-state index is 13.1. The number of nitrogens with zero attached hydrogens (tertiary/aromatic N) is 3. The molecule has 0 N–H and O–H groups in total. The lowest BCUT2D eigenvalue weighted by molar-refractivity contribution is -0.385. The van der Waals surface area contributed by atoms with Crippen molar-refractivity contribution in [3.8, 4) is 5.75 Å². The molecule has 0 amide bonds. The highest BCUT2D eigenvalue weighted by Crippen LogP contribution is 2.32. The summed E-state index contributed by atoms with van der Waals surface area (Å²) in [6.07, 6.45) is 0. The monoisotopic (exact) mass is 405 g/mol. The van der Waals surface area contributed by atoms with Gasteiger partial charge in [0.2, 0.25) is 10.0 Å². The van der Waals surface area contributed by atoms with E-state index in [2.05, 4.69) is 11.8 Å². The van der Waals surface area contributed by atoms with Crippen LogP contribution in [0.3, 0.4) is 0 Å². The molecular weight excluding hydrogens is 382 g/mol. The van der Waals surface area contributed by atoms with E-state index in [0.29, 0.717) is 26.2 Å². The number of nitro benzene ring substituents is 1. The summed E-state index contributed by atoms with van der Waals surface area (Å²) in [6, 6.07) is 9.69. The van der Waals surface area contributed by atoms with Gasteiger partial charge >= 0.3 is 0 Å².